The highest BCUT2D eigenvalue weighted by molar-refractivity contribution is 9.10. The van der Waals surface area contributed by atoms with Crippen LogP contribution in [0.1, 0.15) is 15.2 Å². The minimum atomic E-state index is -1.11. The Bertz CT molecular complexity index is 690. The number of urea groups is 1. The van der Waals surface area contributed by atoms with Crippen LogP contribution in [0.2, 0.25) is 5.02 Å². The maximum absolute atomic E-state index is 11.8. The fraction of sp³-hybridized carbons (Fsp3) is 0.0769. The van der Waals surface area contributed by atoms with E-state index in [9.17, 15) is 9.59 Å². The van der Waals surface area contributed by atoms with E-state index < -0.39 is 12.0 Å². The molecule has 0 fully saturated rings. The number of rotatable bonds is 4. The number of nitrogens with one attached hydrogen (secondary N) is 2. The van der Waals surface area contributed by atoms with Gasteiger partial charge in [0, 0.05) is 20.1 Å². The molecule has 2 rings (SSSR count). The Hall–Kier alpha value is -1.57. The van der Waals surface area contributed by atoms with Crippen LogP contribution in [0.15, 0.2) is 34.1 Å². The third-order valence-corrected chi connectivity index (χ3v) is 4.65. The molecule has 8 heteroatoms. The van der Waals surface area contributed by atoms with Gasteiger partial charge in [0.2, 0.25) is 0 Å². The molecule has 0 aliphatic heterocycles. The molecule has 0 saturated heterocycles. The molecule has 21 heavy (non-hydrogen) atoms. The zero-order valence-electron chi connectivity index (χ0n) is 10.5. The lowest BCUT2D eigenvalue weighted by atomic mass is 10.2. The molecule has 0 saturated carbocycles. The Labute approximate surface area is 138 Å². The smallest absolute Gasteiger partial charge is 0.335 e. The predicted molar refractivity (Wildman–Crippen MR) is 86.3 cm³/mol. The van der Waals surface area contributed by atoms with Gasteiger partial charge in [0.15, 0.2) is 0 Å². The van der Waals surface area contributed by atoms with Gasteiger partial charge in [0.25, 0.3) is 0 Å². The Morgan fingerprint density at radius 3 is 2.71 bits per heavy atom. The van der Waals surface area contributed by atoms with Crippen LogP contribution in [0, 0.1) is 0 Å². The number of amides is 2. The Morgan fingerprint density at radius 2 is 2.10 bits per heavy atom. The lowest BCUT2D eigenvalue weighted by molar-refractivity contribution is 0.0697. The molecule has 5 nitrogen and oxygen atoms in total. The molecule has 0 unspecified atom stereocenters. The second-order valence-electron chi connectivity index (χ2n) is 4.03. The Balaban J connectivity index is 1.99. The van der Waals surface area contributed by atoms with E-state index in [0.29, 0.717) is 12.2 Å². The molecule has 1 aromatic carbocycles. The number of aromatic carboxylic acids is 1. The number of halogens is 2. The molecular formula is C13H10BrClN2O3S. The van der Waals surface area contributed by atoms with E-state index >= 15 is 0 Å². The summed E-state index contributed by atoms with van der Waals surface area (Å²) in [5.41, 5.74) is 0.335. The first kappa shape index (κ1) is 15.8. The third kappa shape index (κ3) is 4.45. The van der Waals surface area contributed by atoms with E-state index in [4.69, 9.17) is 16.7 Å². The normalized spacial score (nSPS) is 10.2. The first-order valence-corrected chi connectivity index (χ1v) is 7.81. The monoisotopic (exact) mass is 388 g/mol. The highest BCUT2D eigenvalue weighted by Crippen LogP contribution is 2.22. The van der Waals surface area contributed by atoms with E-state index in [1.54, 1.807) is 0 Å². The minimum Gasteiger partial charge on any atom is -0.478 e. The number of thiophene rings is 1. The number of hydrogen-bond acceptors (Lipinski definition) is 3. The maximum Gasteiger partial charge on any atom is 0.335 e. The summed E-state index contributed by atoms with van der Waals surface area (Å²) in [5.74, 6) is -1.11. The first-order valence-electron chi connectivity index (χ1n) is 5.76. The fourth-order valence-electron chi connectivity index (χ4n) is 1.57. The van der Waals surface area contributed by atoms with Gasteiger partial charge < -0.3 is 15.7 Å². The number of carboxylic acids is 1. The van der Waals surface area contributed by atoms with Gasteiger partial charge in [-0.05, 0) is 45.6 Å². The molecule has 2 amide bonds. The fourth-order valence-corrected chi connectivity index (χ4v) is 3.24. The molecule has 0 atom stereocenters. The molecule has 0 radical (unpaired) electrons. The summed E-state index contributed by atoms with van der Waals surface area (Å²) < 4.78 is 0.934. The van der Waals surface area contributed by atoms with Crippen LogP contribution in [0.25, 0.3) is 0 Å². The quantitative estimate of drug-likeness (QED) is 0.734. The van der Waals surface area contributed by atoms with E-state index in [1.807, 2.05) is 11.4 Å². The molecule has 0 aliphatic rings. The number of hydrogen-bond donors (Lipinski definition) is 3. The van der Waals surface area contributed by atoms with E-state index in [2.05, 4.69) is 26.6 Å². The van der Waals surface area contributed by atoms with Crippen LogP contribution < -0.4 is 10.6 Å². The van der Waals surface area contributed by atoms with Crippen molar-refractivity contribution in [3.63, 3.8) is 0 Å². The molecule has 2 aromatic rings. The topological polar surface area (TPSA) is 78.4 Å². The van der Waals surface area contributed by atoms with Crippen molar-refractivity contribution in [3.8, 4) is 0 Å². The summed E-state index contributed by atoms with van der Waals surface area (Å²) in [6.07, 6.45) is 0. The van der Waals surface area contributed by atoms with Crippen molar-refractivity contribution in [2.45, 2.75) is 6.54 Å². The summed E-state index contributed by atoms with van der Waals surface area (Å²) in [5, 5.41) is 16.3. The van der Waals surface area contributed by atoms with Crippen molar-refractivity contribution in [2.75, 3.05) is 5.32 Å². The number of anilines is 1. The van der Waals surface area contributed by atoms with E-state index in [-0.39, 0.29) is 10.6 Å². The second kappa shape index (κ2) is 6.93. The highest BCUT2D eigenvalue weighted by Gasteiger charge is 2.09. The van der Waals surface area contributed by atoms with Crippen molar-refractivity contribution in [3.05, 3.63) is 49.6 Å². The van der Waals surface area contributed by atoms with E-state index in [0.717, 1.165) is 9.35 Å². The van der Waals surface area contributed by atoms with E-state index in [1.165, 1.54) is 29.5 Å². The summed E-state index contributed by atoms with van der Waals surface area (Å²) in [6.45, 7) is 0.371. The SMILES string of the molecule is O=C(NCc1sccc1Br)Nc1cc(Cl)cc(C(=O)O)c1. The van der Waals surface area contributed by atoms with Crippen molar-refractivity contribution >= 4 is 56.6 Å². The third-order valence-electron chi connectivity index (χ3n) is 2.50. The zero-order valence-corrected chi connectivity index (χ0v) is 13.7. The minimum absolute atomic E-state index is 0.0128. The molecule has 3 N–H and O–H groups in total. The predicted octanol–water partition coefficient (Wildman–Crippen LogP) is 4.18. The first-order chi connectivity index (χ1) is 9.95. The molecule has 0 aliphatic carbocycles. The molecule has 1 aromatic heterocycles. The van der Waals surface area contributed by atoms with Crippen molar-refractivity contribution < 1.29 is 14.7 Å². The van der Waals surface area contributed by atoms with Crippen LogP contribution in [0.5, 0.6) is 0 Å². The Kier molecular flexibility index (Phi) is 5.22. The van der Waals surface area contributed by atoms with Crippen LogP contribution >= 0.6 is 38.9 Å². The number of benzene rings is 1. The van der Waals surface area contributed by atoms with Gasteiger partial charge in [-0.25, -0.2) is 9.59 Å². The summed E-state index contributed by atoms with van der Waals surface area (Å²) >= 11 is 10.7. The molecule has 110 valence electrons. The standard InChI is InChI=1S/C13H10BrClN2O3S/c14-10-1-2-21-11(10)6-16-13(20)17-9-4-7(12(18)19)3-8(15)5-9/h1-5H,6H2,(H,18,19)(H2,16,17,20). The van der Waals surface area contributed by atoms with Gasteiger partial charge in [-0.1, -0.05) is 11.6 Å². The van der Waals surface area contributed by atoms with Gasteiger partial charge >= 0.3 is 12.0 Å². The molecule has 0 spiro atoms. The van der Waals surface area contributed by atoms with Gasteiger partial charge in [0.05, 0.1) is 12.1 Å². The lowest BCUT2D eigenvalue weighted by Gasteiger charge is -2.08. The average Bonchev–Trinajstić information content (AvgIpc) is 2.81. The van der Waals surface area contributed by atoms with Crippen LogP contribution in [-0.2, 0) is 6.54 Å². The maximum atomic E-state index is 11.8. The summed E-state index contributed by atoms with van der Waals surface area (Å²) in [6, 6.07) is 5.60. The van der Waals surface area contributed by atoms with Crippen molar-refractivity contribution in [2.24, 2.45) is 0 Å². The van der Waals surface area contributed by atoms with Gasteiger partial charge in [-0.2, -0.15) is 0 Å². The van der Waals surface area contributed by atoms with Crippen LogP contribution in [0.3, 0.4) is 0 Å². The van der Waals surface area contributed by atoms with Crippen LogP contribution in [0.4, 0.5) is 10.5 Å². The van der Waals surface area contributed by atoms with Gasteiger partial charge in [-0.15, -0.1) is 11.3 Å². The number of carbonyl (C=O) groups is 2. The highest BCUT2D eigenvalue weighted by atomic mass is 79.9. The summed E-state index contributed by atoms with van der Waals surface area (Å²) in [7, 11) is 0. The van der Waals surface area contributed by atoms with Gasteiger partial charge in [-0.3, -0.25) is 0 Å². The lowest BCUT2D eigenvalue weighted by Crippen LogP contribution is -2.28. The van der Waals surface area contributed by atoms with Gasteiger partial charge in [0.1, 0.15) is 0 Å². The summed E-state index contributed by atoms with van der Waals surface area (Å²) in [4.78, 5) is 23.7. The van der Waals surface area contributed by atoms with Crippen LogP contribution in [-0.4, -0.2) is 17.1 Å². The average molecular weight is 390 g/mol. The molecule has 0 bridgehead atoms. The largest absolute Gasteiger partial charge is 0.478 e. The Morgan fingerprint density at radius 1 is 1.33 bits per heavy atom. The van der Waals surface area contributed by atoms with Crippen molar-refractivity contribution in [1.82, 2.24) is 5.32 Å². The number of carbonyl (C=O) groups excluding carboxylic acids is 1. The van der Waals surface area contributed by atoms with Crippen molar-refractivity contribution in [1.29, 1.82) is 0 Å². The second-order valence-corrected chi connectivity index (χ2v) is 6.32. The number of carboxylic acid groups (broad SMARTS) is 1. The molecule has 1 heterocycles. The zero-order chi connectivity index (χ0) is 15.4. The molecular weight excluding hydrogens is 380 g/mol.